The summed E-state index contributed by atoms with van der Waals surface area (Å²) in [6, 6.07) is 48.1. The lowest BCUT2D eigenvalue weighted by Crippen LogP contribution is -2.28. The SMILES string of the molecule is O=C1OC2C=CC1c1cc(-c3cccc(-c4ccc5cc(-c6ccc7ccccc7c6)ccc5c4)c3)c3ccccc3c12. The van der Waals surface area contributed by atoms with E-state index in [4.69, 9.17) is 4.74 Å². The predicted molar refractivity (Wildman–Crippen MR) is 176 cm³/mol. The summed E-state index contributed by atoms with van der Waals surface area (Å²) in [7, 11) is 0. The standard InChI is InChI=1S/C41H26O2/c42-41-36-18-19-39(43-41)40-35-11-4-3-10-34(35)37(24-38(36)40)33-9-5-8-27(23-33)28-14-15-32-22-31(17-16-30(32)21-28)29-13-12-25-6-1-2-7-26(25)20-29/h1-24,36,39H. The molecule has 43 heavy (non-hydrogen) atoms. The normalized spacial score (nSPS) is 17.0. The lowest BCUT2D eigenvalue weighted by Gasteiger charge is -2.34. The number of benzene rings is 7. The number of fused-ring (bicyclic) bond motifs is 4. The van der Waals surface area contributed by atoms with E-state index in [1.807, 2.05) is 12.2 Å². The van der Waals surface area contributed by atoms with E-state index in [0.29, 0.717) is 0 Å². The molecular weight excluding hydrogens is 524 g/mol. The van der Waals surface area contributed by atoms with Crippen LogP contribution < -0.4 is 0 Å². The van der Waals surface area contributed by atoms with E-state index in [-0.39, 0.29) is 18.0 Å². The van der Waals surface area contributed by atoms with Gasteiger partial charge in [0.15, 0.2) is 0 Å². The molecule has 0 spiro atoms. The third-order valence-electron chi connectivity index (χ3n) is 9.14. The minimum absolute atomic E-state index is 0.157. The second-order valence-electron chi connectivity index (χ2n) is 11.6. The van der Waals surface area contributed by atoms with Gasteiger partial charge in [-0.05, 0) is 108 Å². The Morgan fingerprint density at radius 2 is 1.05 bits per heavy atom. The summed E-state index contributed by atoms with van der Waals surface area (Å²) in [4.78, 5) is 12.6. The Morgan fingerprint density at radius 3 is 1.77 bits per heavy atom. The molecule has 2 bridgehead atoms. The zero-order chi connectivity index (χ0) is 28.5. The highest BCUT2D eigenvalue weighted by molar-refractivity contribution is 6.03. The average Bonchev–Trinajstić information content (AvgIpc) is 3.07. The van der Waals surface area contributed by atoms with Crippen LogP contribution in [0.5, 0.6) is 0 Å². The summed E-state index contributed by atoms with van der Waals surface area (Å²) in [5.41, 5.74) is 9.27. The van der Waals surface area contributed by atoms with E-state index in [2.05, 4.69) is 133 Å². The molecule has 1 aliphatic carbocycles. The van der Waals surface area contributed by atoms with Crippen molar-refractivity contribution in [2.45, 2.75) is 12.0 Å². The highest BCUT2D eigenvalue weighted by Gasteiger charge is 2.38. The van der Waals surface area contributed by atoms with Crippen LogP contribution in [0.3, 0.4) is 0 Å². The third-order valence-corrected chi connectivity index (χ3v) is 9.14. The first-order chi connectivity index (χ1) is 21.2. The molecule has 2 heteroatoms. The second kappa shape index (κ2) is 9.27. The van der Waals surface area contributed by atoms with E-state index in [9.17, 15) is 4.79 Å². The molecule has 2 aliphatic heterocycles. The van der Waals surface area contributed by atoms with Crippen molar-refractivity contribution in [3.8, 4) is 33.4 Å². The van der Waals surface area contributed by atoms with Crippen LogP contribution in [0, 0.1) is 0 Å². The largest absolute Gasteiger partial charge is 0.452 e. The molecule has 2 heterocycles. The van der Waals surface area contributed by atoms with Gasteiger partial charge < -0.3 is 4.74 Å². The molecular formula is C41H26O2. The summed E-state index contributed by atoms with van der Waals surface area (Å²) in [5.74, 6) is -0.499. The first-order valence-electron chi connectivity index (χ1n) is 14.8. The Balaban J connectivity index is 1.12. The van der Waals surface area contributed by atoms with Gasteiger partial charge in [-0.3, -0.25) is 4.79 Å². The third kappa shape index (κ3) is 3.84. The predicted octanol–water partition coefficient (Wildman–Crippen LogP) is 10.4. The fourth-order valence-corrected chi connectivity index (χ4v) is 6.99. The van der Waals surface area contributed by atoms with E-state index >= 15 is 0 Å². The minimum Gasteiger partial charge on any atom is -0.452 e. The van der Waals surface area contributed by atoms with Crippen molar-refractivity contribution in [1.82, 2.24) is 0 Å². The first kappa shape index (κ1) is 24.2. The molecule has 0 saturated carbocycles. The van der Waals surface area contributed by atoms with Crippen molar-refractivity contribution in [1.29, 1.82) is 0 Å². The molecule has 202 valence electrons. The van der Waals surface area contributed by atoms with Crippen LogP contribution in [-0.2, 0) is 9.53 Å². The van der Waals surface area contributed by atoms with E-state index in [1.54, 1.807) is 0 Å². The van der Waals surface area contributed by atoms with Crippen molar-refractivity contribution in [2.24, 2.45) is 0 Å². The Hall–Kier alpha value is -5.47. The number of ether oxygens (including phenoxy) is 1. The van der Waals surface area contributed by atoms with Gasteiger partial charge in [0.05, 0.1) is 0 Å². The number of hydrogen-bond acceptors (Lipinski definition) is 2. The minimum atomic E-state index is -0.341. The van der Waals surface area contributed by atoms with Crippen LogP contribution in [-0.4, -0.2) is 5.97 Å². The number of esters is 1. The summed E-state index contributed by atoms with van der Waals surface area (Å²) in [6.07, 6.45) is 3.71. The Labute approximate surface area is 249 Å². The molecule has 7 aromatic carbocycles. The van der Waals surface area contributed by atoms with Gasteiger partial charge in [0.2, 0.25) is 0 Å². The van der Waals surface area contributed by atoms with Gasteiger partial charge in [-0.2, -0.15) is 0 Å². The highest BCUT2D eigenvalue weighted by Crippen LogP contribution is 2.47. The monoisotopic (exact) mass is 550 g/mol. The van der Waals surface area contributed by atoms with Crippen LogP contribution >= 0.6 is 0 Å². The number of hydrogen-bond donors (Lipinski definition) is 0. The maximum Gasteiger partial charge on any atom is 0.318 e. The fourth-order valence-electron chi connectivity index (χ4n) is 6.99. The smallest absolute Gasteiger partial charge is 0.318 e. The maximum atomic E-state index is 12.6. The van der Waals surface area contributed by atoms with Crippen LogP contribution in [0.15, 0.2) is 146 Å². The van der Waals surface area contributed by atoms with Crippen LogP contribution in [0.25, 0.3) is 65.7 Å². The van der Waals surface area contributed by atoms with Gasteiger partial charge in [0.1, 0.15) is 12.0 Å². The molecule has 0 N–H and O–H groups in total. The van der Waals surface area contributed by atoms with Gasteiger partial charge in [-0.15, -0.1) is 0 Å². The molecule has 2 nitrogen and oxygen atoms in total. The first-order valence-corrected chi connectivity index (χ1v) is 14.8. The number of carbonyl (C=O) groups is 1. The zero-order valence-electron chi connectivity index (χ0n) is 23.3. The van der Waals surface area contributed by atoms with Crippen LogP contribution in [0.1, 0.15) is 23.1 Å². The maximum absolute atomic E-state index is 12.6. The Bertz CT molecular complexity index is 2310. The van der Waals surface area contributed by atoms with Gasteiger partial charge in [-0.1, -0.05) is 109 Å². The van der Waals surface area contributed by atoms with Gasteiger partial charge >= 0.3 is 5.97 Å². The second-order valence-corrected chi connectivity index (χ2v) is 11.6. The van der Waals surface area contributed by atoms with E-state index < -0.39 is 0 Å². The topological polar surface area (TPSA) is 26.3 Å². The lowest BCUT2D eigenvalue weighted by molar-refractivity contribution is -0.150. The van der Waals surface area contributed by atoms with Gasteiger partial charge in [0, 0.05) is 5.56 Å². The van der Waals surface area contributed by atoms with Crippen molar-refractivity contribution in [3.63, 3.8) is 0 Å². The van der Waals surface area contributed by atoms with E-state index in [0.717, 1.165) is 27.6 Å². The van der Waals surface area contributed by atoms with Crippen LogP contribution in [0.4, 0.5) is 0 Å². The number of carbonyl (C=O) groups excluding carboxylic acids is 1. The summed E-state index contributed by atoms with van der Waals surface area (Å²) in [5, 5.41) is 7.28. The van der Waals surface area contributed by atoms with Gasteiger partial charge in [0.25, 0.3) is 0 Å². The molecule has 0 amide bonds. The highest BCUT2D eigenvalue weighted by atomic mass is 16.5. The molecule has 2 atom stereocenters. The van der Waals surface area contributed by atoms with Crippen molar-refractivity contribution >= 4 is 38.3 Å². The molecule has 10 rings (SSSR count). The van der Waals surface area contributed by atoms with Gasteiger partial charge in [-0.25, -0.2) is 0 Å². The number of rotatable bonds is 3. The molecule has 2 unspecified atom stereocenters. The molecule has 0 saturated heterocycles. The average molecular weight is 551 g/mol. The van der Waals surface area contributed by atoms with Crippen molar-refractivity contribution in [2.75, 3.05) is 0 Å². The fraction of sp³-hybridized carbons (Fsp3) is 0.0488. The van der Waals surface area contributed by atoms with Crippen molar-refractivity contribution in [3.05, 3.63) is 157 Å². The van der Waals surface area contributed by atoms with Crippen LogP contribution in [0.2, 0.25) is 0 Å². The summed E-state index contributed by atoms with van der Waals surface area (Å²) in [6.45, 7) is 0. The summed E-state index contributed by atoms with van der Waals surface area (Å²) < 4.78 is 5.70. The quantitative estimate of drug-likeness (QED) is 0.162. The molecule has 0 aromatic heterocycles. The molecule has 3 aliphatic rings. The zero-order valence-corrected chi connectivity index (χ0v) is 23.3. The lowest BCUT2D eigenvalue weighted by atomic mass is 9.78. The molecule has 7 aromatic rings. The van der Waals surface area contributed by atoms with Crippen molar-refractivity contribution < 1.29 is 9.53 Å². The summed E-state index contributed by atoms with van der Waals surface area (Å²) >= 11 is 0. The van der Waals surface area contributed by atoms with E-state index in [1.165, 1.54) is 49.2 Å². The molecule has 0 fully saturated rings. The molecule has 0 radical (unpaired) electrons. The Morgan fingerprint density at radius 1 is 0.465 bits per heavy atom. The Kier molecular flexibility index (Phi) is 5.21.